The zero-order valence-electron chi connectivity index (χ0n) is 18.4. The van der Waals surface area contributed by atoms with Gasteiger partial charge in [0.15, 0.2) is 0 Å². The Morgan fingerprint density at radius 1 is 1.30 bits per heavy atom. The van der Waals surface area contributed by atoms with Crippen LogP contribution in [-0.2, 0) is 4.79 Å². The number of carbonyl (C=O) groups is 1. The van der Waals surface area contributed by atoms with Gasteiger partial charge in [-0.05, 0) is 61.9 Å². The summed E-state index contributed by atoms with van der Waals surface area (Å²) in [6, 6.07) is 8.13. The molecule has 0 atom stereocenters. The van der Waals surface area contributed by atoms with Crippen molar-refractivity contribution in [1.82, 2.24) is 9.88 Å². The highest BCUT2D eigenvalue weighted by molar-refractivity contribution is 8.21. The first-order valence-corrected chi connectivity index (χ1v) is 11.4. The molecule has 3 rings (SSSR count). The van der Waals surface area contributed by atoms with E-state index in [4.69, 9.17) is 0 Å². The van der Waals surface area contributed by atoms with Crippen LogP contribution in [0.15, 0.2) is 42.0 Å². The van der Waals surface area contributed by atoms with Crippen LogP contribution in [-0.4, -0.2) is 47.5 Å². The number of amides is 1. The molecule has 1 aliphatic heterocycles. The van der Waals surface area contributed by atoms with Gasteiger partial charge in [-0.2, -0.15) is 0 Å². The number of likely N-dealkylation sites (tertiary alicyclic amines) is 1. The molecule has 1 aromatic heterocycles. The minimum atomic E-state index is 0.0599. The lowest BCUT2D eigenvalue weighted by molar-refractivity contribution is -0.121. The molecule has 6 heteroatoms. The first kappa shape index (κ1) is 22.5. The summed E-state index contributed by atoms with van der Waals surface area (Å²) in [5, 5.41) is 6.09. The van der Waals surface area contributed by atoms with Gasteiger partial charge in [0.2, 0.25) is 5.91 Å². The Morgan fingerprint density at radius 3 is 2.70 bits per heavy atom. The molecule has 0 bridgehead atoms. The van der Waals surface area contributed by atoms with Gasteiger partial charge in [0.25, 0.3) is 0 Å². The number of benzene rings is 1. The average molecular weight is 425 g/mol. The predicted octanol–water partition coefficient (Wildman–Crippen LogP) is 5.29. The van der Waals surface area contributed by atoms with Gasteiger partial charge in [0.1, 0.15) is 5.82 Å². The second-order valence-corrected chi connectivity index (χ2v) is 9.65. The van der Waals surface area contributed by atoms with Gasteiger partial charge >= 0.3 is 0 Å². The van der Waals surface area contributed by atoms with E-state index in [1.807, 2.05) is 31.3 Å². The van der Waals surface area contributed by atoms with E-state index in [9.17, 15) is 4.79 Å². The smallest absolute Gasteiger partial charge is 0.228 e. The molecule has 0 aliphatic carbocycles. The minimum Gasteiger partial charge on any atom is -0.310 e. The number of piperidine rings is 1. The van der Waals surface area contributed by atoms with E-state index in [2.05, 4.69) is 46.7 Å². The van der Waals surface area contributed by atoms with Gasteiger partial charge in [0, 0.05) is 36.0 Å². The Bertz CT molecular complexity index is 945. The highest BCUT2D eigenvalue weighted by atomic mass is 32.2. The number of pyridine rings is 1. The van der Waals surface area contributed by atoms with E-state index in [0.29, 0.717) is 11.7 Å². The molecule has 1 aromatic carbocycles. The predicted molar refractivity (Wildman–Crippen MR) is 130 cm³/mol. The van der Waals surface area contributed by atoms with Gasteiger partial charge in [-0.25, -0.2) is 4.98 Å². The van der Waals surface area contributed by atoms with E-state index in [1.165, 1.54) is 0 Å². The van der Waals surface area contributed by atoms with Crippen LogP contribution in [0.1, 0.15) is 39.2 Å². The van der Waals surface area contributed by atoms with E-state index in [0.717, 1.165) is 58.8 Å². The molecule has 1 saturated heterocycles. The van der Waals surface area contributed by atoms with Crippen LogP contribution in [0.5, 0.6) is 0 Å². The number of anilines is 1. The first-order chi connectivity index (χ1) is 14.4. The molecule has 2 heterocycles. The van der Waals surface area contributed by atoms with Crippen molar-refractivity contribution < 1.29 is 4.79 Å². The Hall–Kier alpha value is -2.18. The van der Waals surface area contributed by atoms with E-state index >= 15 is 0 Å². The fourth-order valence-electron chi connectivity index (χ4n) is 3.79. The number of rotatable bonds is 6. The molecule has 0 spiro atoms. The van der Waals surface area contributed by atoms with E-state index < -0.39 is 0 Å². The van der Waals surface area contributed by atoms with Crippen molar-refractivity contribution in [2.45, 2.75) is 33.6 Å². The Kier molecular flexibility index (Phi) is 7.67. The maximum atomic E-state index is 12.8. The fourth-order valence-corrected chi connectivity index (χ4v) is 4.48. The number of carbonyl (C=O) groups excluding carboxylic acids is 1. The summed E-state index contributed by atoms with van der Waals surface area (Å²) in [5.74, 6) is 1.41. The van der Waals surface area contributed by atoms with E-state index in [1.54, 1.807) is 18.8 Å². The van der Waals surface area contributed by atoms with Crippen molar-refractivity contribution in [3.63, 3.8) is 0 Å². The molecule has 0 radical (unpaired) electrons. The molecule has 30 heavy (non-hydrogen) atoms. The lowest BCUT2D eigenvalue weighted by Gasteiger charge is -2.32. The van der Waals surface area contributed by atoms with Gasteiger partial charge in [0.05, 0.1) is 5.04 Å². The van der Waals surface area contributed by atoms with Crippen LogP contribution < -0.4 is 5.32 Å². The molecule has 1 N–H and O–H groups in total. The molecule has 0 saturated carbocycles. The van der Waals surface area contributed by atoms with Crippen molar-refractivity contribution in [3.05, 3.63) is 42.6 Å². The van der Waals surface area contributed by atoms with Crippen molar-refractivity contribution in [2.75, 3.05) is 32.0 Å². The zero-order valence-corrected chi connectivity index (χ0v) is 19.3. The minimum absolute atomic E-state index is 0.0599. The second-order valence-electron chi connectivity index (χ2n) is 8.36. The van der Waals surface area contributed by atoms with Crippen molar-refractivity contribution in [2.24, 2.45) is 16.8 Å². The number of nitrogens with one attached hydrogen (secondary N) is 1. The van der Waals surface area contributed by atoms with Gasteiger partial charge in [-0.1, -0.05) is 44.3 Å². The quantitative estimate of drug-likeness (QED) is 0.505. The summed E-state index contributed by atoms with van der Waals surface area (Å²) in [7, 11) is 1.78. The molecular weight excluding hydrogens is 392 g/mol. The summed E-state index contributed by atoms with van der Waals surface area (Å²) in [6.45, 7) is 13.7. The summed E-state index contributed by atoms with van der Waals surface area (Å²) >= 11 is 1.56. The van der Waals surface area contributed by atoms with Crippen LogP contribution in [0, 0.1) is 11.8 Å². The van der Waals surface area contributed by atoms with Crippen LogP contribution >= 0.6 is 11.8 Å². The number of fused-ring (bicyclic) bond motifs is 1. The third-order valence-corrected chi connectivity index (χ3v) is 6.42. The molecule has 1 amide bonds. The fraction of sp³-hybridized carbons (Fsp3) is 0.458. The maximum Gasteiger partial charge on any atom is 0.228 e. The summed E-state index contributed by atoms with van der Waals surface area (Å²) in [4.78, 5) is 24.8. The highest BCUT2D eigenvalue weighted by Crippen LogP contribution is 2.30. The lowest BCUT2D eigenvalue weighted by Crippen LogP contribution is -2.39. The largest absolute Gasteiger partial charge is 0.310 e. The molecule has 1 fully saturated rings. The summed E-state index contributed by atoms with van der Waals surface area (Å²) in [5.41, 5.74) is 1.05. The monoisotopic (exact) mass is 424 g/mol. The normalized spacial score (nSPS) is 16.2. The van der Waals surface area contributed by atoms with Crippen LogP contribution in [0.4, 0.5) is 5.82 Å². The number of aliphatic imine (C=N–C) groups is 1. The molecule has 2 aromatic rings. The SMILES string of the molecule is C=C(SC(C)=NC)c1ccc2cnc(NC(=O)C3CCN(CC(C)C)CC3)cc2c1. The number of aromatic nitrogens is 1. The highest BCUT2D eigenvalue weighted by Gasteiger charge is 2.25. The van der Waals surface area contributed by atoms with Crippen molar-refractivity contribution in [3.8, 4) is 0 Å². The third-order valence-electron chi connectivity index (χ3n) is 5.46. The second kappa shape index (κ2) is 10.2. The van der Waals surface area contributed by atoms with Gasteiger partial charge in [-0.15, -0.1) is 0 Å². The lowest BCUT2D eigenvalue weighted by atomic mass is 9.95. The topological polar surface area (TPSA) is 57.6 Å². The molecule has 1 aliphatic rings. The summed E-state index contributed by atoms with van der Waals surface area (Å²) < 4.78 is 0. The van der Waals surface area contributed by atoms with Gasteiger partial charge in [-0.3, -0.25) is 9.79 Å². The molecule has 160 valence electrons. The number of thioether (sulfide) groups is 1. The maximum absolute atomic E-state index is 12.8. The van der Waals surface area contributed by atoms with Crippen LogP contribution in [0.25, 0.3) is 15.7 Å². The Balaban J connectivity index is 1.66. The Labute approximate surface area is 184 Å². The molecule has 0 unspecified atom stereocenters. The van der Waals surface area contributed by atoms with Crippen LogP contribution in [0.3, 0.4) is 0 Å². The van der Waals surface area contributed by atoms with Crippen LogP contribution in [0.2, 0.25) is 0 Å². The summed E-state index contributed by atoms with van der Waals surface area (Å²) in [6.07, 6.45) is 3.63. The average Bonchev–Trinajstić information content (AvgIpc) is 2.73. The Morgan fingerprint density at radius 2 is 2.03 bits per heavy atom. The van der Waals surface area contributed by atoms with Gasteiger partial charge < -0.3 is 10.2 Å². The molecular formula is C24H32N4OS. The first-order valence-electron chi connectivity index (χ1n) is 10.6. The molecule has 5 nitrogen and oxygen atoms in total. The standard InChI is InChI=1S/C24H32N4OS/c1-16(2)15-28-10-8-19(9-11-28)24(29)27-23-13-22-12-20(6-7-21(22)14-26-23)17(3)30-18(4)25-5/h6-7,12-14,16,19H,3,8-11,15H2,1-2,4-5H3,(H,26,27,29). The zero-order chi connectivity index (χ0) is 21.7. The number of nitrogens with zero attached hydrogens (tertiary/aromatic N) is 3. The number of hydrogen-bond donors (Lipinski definition) is 1. The van der Waals surface area contributed by atoms with Crippen molar-refractivity contribution in [1.29, 1.82) is 0 Å². The van der Waals surface area contributed by atoms with E-state index in [-0.39, 0.29) is 11.8 Å². The number of hydrogen-bond acceptors (Lipinski definition) is 5. The van der Waals surface area contributed by atoms with Crippen molar-refractivity contribution >= 4 is 44.2 Å². The third kappa shape index (κ3) is 5.92.